The molecule has 1 aromatic heterocycles. The van der Waals surface area contributed by atoms with Crippen LogP contribution in [0.25, 0.3) is 0 Å². The highest BCUT2D eigenvalue weighted by molar-refractivity contribution is 9.10. The highest BCUT2D eigenvalue weighted by Crippen LogP contribution is 2.44. The number of hydrogen-bond acceptors (Lipinski definition) is 3. The Hall–Kier alpha value is -0.970. The maximum atomic E-state index is 6.27. The minimum atomic E-state index is -0.278. The molecule has 5 heteroatoms. The van der Waals surface area contributed by atoms with Crippen LogP contribution in [0.3, 0.4) is 0 Å². The Morgan fingerprint density at radius 2 is 2.00 bits per heavy atom. The molecule has 0 radical (unpaired) electrons. The molecule has 110 valence electrons. The van der Waals surface area contributed by atoms with Gasteiger partial charge in [0.25, 0.3) is 0 Å². The van der Waals surface area contributed by atoms with Crippen LogP contribution in [-0.2, 0) is 4.74 Å². The van der Waals surface area contributed by atoms with E-state index in [4.69, 9.17) is 21.3 Å². The Kier molecular flexibility index (Phi) is 4.57. The standard InChI is InChI=1S/C16H16BrClN2O/c1-2-21-14(11-6-4-3-5-7-11)16-19-13(10-8-9-10)12(17)15(18)20-16/h3-7,10,14H,2,8-9H2,1H3. The zero-order valence-electron chi connectivity index (χ0n) is 11.7. The molecule has 0 N–H and O–H groups in total. The van der Waals surface area contributed by atoms with Crippen LogP contribution in [0.4, 0.5) is 0 Å². The Bertz CT molecular complexity index is 632. The summed E-state index contributed by atoms with van der Waals surface area (Å²) in [6.07, 6.45) is 2.05. The highest BCUT2D eigenvalue weighted by atomic mass is 79.9. The minimum Gasteiger partial charge on any atom is -0.366 e. The lowest BCUT2D eigenvalue weighted by Crippen LogP contribution is -2.12. The lowest BCUT2D eigenvalue weighted by atomic mass is 10.1. The van der Waals surface area contributed by atoms with Gasteiger partial charge in [0.1, 0.15) is 11.3 Å². The first-order valence-electron chi connectivity index (χ1n) is 7.10. The van der Waals surface area contributed by atoms with Crippen LogP contribution in [0, 0.1) is 0 Å². The molecule has 21 heavy (non-hydrogen) atoms. The molecule has 1 saturated carbocycles. The molecule has 1 aromatic carbocycles. The van der Waals surface area contributed by atoms with Crippen molar-refractivity contribution < 1.29 is 4.74 Å². The summed E-state index contributed by atoms with van der Waals surface area (Å²) in [4.78, 5) is 9.14. The first-order valence-corrected chi connectivity index (χ1v) is 8.27. The van der Waals surface area contributed by atoms with Crippen LogP contribution in [0.1, 0.15) is 48.9 Å². The van der Waals surface area contributed by atoms with Gasteiger partial charge in [0.2, 0.25) is 0 Å². The molecule has 0 spiro atoms. The SMILES string of the molecule is CCOC(c1ccccc1)c1nc(Cl)c(Br)c(C2CC2)n1. The van der Waals surface area contributed by atoms with E-state index in [1.165, 1.54) is 0 Å². The molecular weight excluding hydrogens is 352 g/mol. The summed E-state index contributed by atoms with van der Waals surface area (Å²) in [5, 5.41) is 0.461. The average Bonchev–Trinajstić information content (AvgIpc) is 3.33. The molecule has 1 unspecified atom stereocenters. The summed E-state index contributed by atoms with van der Waals surface area (Å²) in [6.45, 7) is 2.56. The Balaban J connectivity index is 2.03. The fourth-order valence-corrected chi connectivity index (χ4v) is 3.00. The van der Waals surface area contributed by atoms with Crippen molar-refractivity contribution in [2.24, 2.45) is 0 Å². The third-order valence-electron chi connectivity index (χ3n) is 3.49. The molecule has 3 rings (SSSR count). The van der Waals surface area contributed by atoms with Crippen LogP contribution < -0.4 is 0 Å². The van der Waals surface area contributed by atoms with Gasteiger partial charge in [-0.1, -0.05) is 41.9 Å². The number of nitrogens with zero attached hydrogens (tertiary/aromatic N) is 2. The van der Waals surface area contributed by atoms with Crippen molar-refractivity contribution in [1.29, 1.82) is 0 Å². The lowest BCUT2D eigenvalue weighted by molar-refractivity contribution is 0.0849. The van der Waals surface area contributed by atoms with Gasteiger partial charge in [-0.25, -0.2) is 9.97 Å². The van der Waals surface area contributed by atoms with Gasteiger partial charge in [-0.15, -0.1) is 0 Å². The first kappa shape index (κ1) is 14.9. The molecule has 0 saturated heterocycles. The fourth-order valence-electron chi connectivity index (χ4n) is 2.31. The molecule has 2 aromatic rings. The van der Waals surface area contributed by atoms with E-state index >= 15 is 0 Å². The smallest absolute Gasteiger partial charge is 0.163 e. The van der Waals surface area contributed by atoms with Crippen LogP contribution in [0.2, 0.25) is 5.15 Å². The van der Waals surface area contributed by atoms with Gasteiger partial charge < -0.3 is 4.74 Å². The molecule has 1 heterocycles. The van der Waals surface area contributed by atoms with Crippen LogP contribution in [0.5, 0.6) is 0 Å². The number of halogens is 2. The van der Waals surface area contributed by atoms with E-state index in [1.54, 1.807) is 0 Å². The second kappa shape index (κ2) is 6.42. The van der Waals surface area contributed by atoms with Crippen LogP contribution in [0.15, 0.2) is 34.8 Å². The monoisotopic (exact) mass is 366 g/mol. The van der Waals surface area contributed by atoms with E-state index in [1.807, 2.05) is 37.3 Å². The zero-order chi connectivity index (χ0) is 14.8. The number of rotatable bonds is 5. The molecule has 1 atom stereocenters. The van der Waals surface area contributed by atoms with E-state index in [0.717, 1.165) is 28.6 Å². The van der Waals surface area contributed by atoms with Crippen molar-refractivity contribution >= 4 is 27.5 Å². The van der Waals surface area contributed by atoms with Crippen molar-refractivity contribution in [1.82, 2.24) is 9.97 Å². The van der Waals surface area contributed by atoms with Crippen molar-refractivity contribution in [3.8, 4) is 0 Å². The molecule has 0 aliphatic heterocycles. The largest absolute Gasteiger partial charge is 0.366 e. The summed E-state index contributed by atoms with van der Waals surface area (Å²) in [5.74, 6) is 1.13. The molecule has 1 fully saturated rings. The summed E-state index contributed by atoms with van der Waals surface area (Å²) in [7, 11) is 0. The second-order valence-electron chi connectivity index (χ2n) is 5.09. The highest BCUT2D eigenvalue weighted by Gasteiger charge is 2.30. The van der Waals surface area contributed by atoms with Crippen molar-refractivity contribution in [3.63, 3.8) is 0 Å². The van der Waals surface area contributed by atoms with Crippen molar-refractivity contribution in [2.45, 2.75) is 31.8 Å². The Labute approximate surface area is 137 Å². The zero-order valence-corrected chi connectivity index (χ0v) is 14.1. The number of ether oxygens (including phenoxy) is 1. The number of hydrogen-bond donors (Lipinski definition) is 0. The normalized spacial score (nSPS) is 16.0. The maximum Gasteiger partial charge on any atom is 0.163 e. The van der Waals surface area contributed by atoms with Gasteiger partial charge in [0.15, 0.2) is 5.82 Å². The molecule has 3 nitrogen and oxygen atoms in total. The van der Waals surface area contributed by atoms with E-state index in [-0.39, 0.29) is 6.10 Å². The van der Waals surface area contributed by atoms with Gasteiger partial charge in [0, 0.05) is 12.5 Å². The van der Waals surface area contributed by atoms with E-state index in [2.05, 4.69) is 20.9 Å². The third kappa shape index (κ3) is 3.28. The fraction of sp³-hybridized carbons (Fsp3) is 0.375. The topological polar surface area (TPSA) is 35.0 Å². The third-order valence-corrected chi connectivity index (χ3v) is 4.77. The van der Waals surface area contributed by atoms with Crippen LogP contribution >= 0.6 is 27.5 Å². The first-order chi connectivity index (χ1) is 10.2. The summed E-state index contributed by atoms with van der Waals surface area (Å²) in [5.41, 5.74) is 2.05. The maximum absolute atomic E-state index is 6.27. The summed E-state index contributed by atoms with van der Waals surface area (Å²) < 4.78 is 6.68. The average molecular weight is 368 g/mol. The summed E-state index contributed by atoms with van der Waals surface area (Å²) in [6, 6.07) is 10.0. The van der Waals surface area contributed by atoms with Gasteiger partial charge >= 0.3 is 0 Å². The van der Waals surface area contributed by atoms with Crippen molar-refractivity contribution in [3.05, 3.63) is 57.0 Å². The molecule has 1 aliphatic carbocycles. The van der Waals surface area contributed by atoms with Crippen LogP contribution in [-0.4, -0.2) is 16.6 Å². The number of aromatic nitrogens is 2. The van der Waals surface area contributed by atoms with E-state index in [9.17, 15) is 0 Å². The molecular formula is C16H16BrClN2O. The predicted molar refractivity (Wildman–Crippen MR) is 86.6 cm³/mol. The quantitative estimate of drug-likeness (QED) is 0.705. The van der Waals surface area contributed by atoms with Gasteiger partial charge in [-0.05, 0) is 41.3 Å². The molecule has 0 bridgehead atoms. The van der Waals surface area contributed by atoms with Gasteiger partial charge in [0.05, 0.1) is 10.2 Å². The van der Waals surface area contributed by atoms with E-state index in [0.29, 0.717) is 23.5 Å². The molecule has 1 aliphatic rings. The predicted octanol–water partition coefficient (Wildman–Crippen LogP) is 4.90. The van der Waals surface area contributed by atoms with Gasteiger partial charge in [-0.3, -0.25) is 0 Å². The van der Waals surface area contributed by atoms with Crippen molar-refractivity contribution in [2.75, 3.05) is 6.61 Å². The van der Waals surface area contributed by atoms with Gasteiger partial charge in [-0.2, -0.15) is 0 Å². The number of benzene rings is 1. The summed E-state index contributed by atoms with van der Waals surface area (Å²) >= 11 is 9.77. The molecule has 0 amide bonds. The Morgan fingerprint density at radius 1 is 1.29 bits per heavy atom. The van der Waals surface area contributed by atoms with E-state index < -0.39 is 0 Å². The second-order valence-corrected chi connectivity index (χ2v) is 6.24. The Morgan fingerprint density at radius 3 is 2.62 bits per heavy atom. The minimum absolute atomic E-state index is 0.278. The lowest BCUT2D eigenvalue weighted by Gasteiger charge is -2.18.